The molecule has 0 bridgehead atoms. The second kappa shape index (κ2) is 14.0. The second-order valence-corrected chi connectivity index (χ2v) is 5.59. The lowest BCUT2D eigenvalue weighted by Crippen LogP contribution is -2.32. The van der Waals surface area contributed by atoms with Crippen LogP contribution in [0.15, 0.2) is 6.33 Å². The van der Waals surface area contributed by atoms with Gasteiger partial charge < -0.3 is 25.4 Å². The number of H-pyrrole nitrogens is 1. The molecule has 0 saturated carbocycles. The minimum atomic E-state index is -0.250. The van der Waals surface area contributed by atoms with Crippen molar-refractivity contribution in [1.82, 2.24) is 20.2 Å². The topological polar surface area (TPSA) is 136 Å². The molecule has 0 aromatic carbocycles. The lowest BCUT2D eigenvalue weighted by molar-refractivity contribution is -0.123. The van der Waals surface area contributed by atoms with E-state index < -0.39 is 0 Å². The fourth-order valence-corrected chi connectivity index (χ4v) is 2.54. The Morgan fingerprint density at radius 1 is 1.36 bits per heavy atom. The van der Waals surface area contributed by atoms with Crippen molar-refractivity contribution in [3.05, 3.63) is 17.7 Å². The maximum absolute atomic E-state index is 11.8. The van der Waals surface area contributed by atoms with Gasteiger partial charge in [0.2, 0.25) is 5.91 Å². The summed E-state index contributed by atoms with van der Waals surface area (Å²) >= 11 is 0. The Morgan fingerprint density at radius 3 is 2.40 bits per heavy atom. The zero-order valence-corrected chi connectivity index (χ0v) is 14.8. The smallest absolute Gasteiger partial charge is 0.290 e. The number of carbonyl (C=O) groups is 3. The van der Waals surface area contributed by atoms with Gasteiger partial charge in [-0.3, -0.25) is 14.4 Å². The van der Waals surface area contributed by atoms with Crippen LogP contribution in [0.5, 0.6) is 0 Å². The van der Waals surface area contributed by atoms with Gasteiger partial charge in [0.1, 0.15) is 0 Å². The third-order valence-corrected chi connectivity index (χ3v) is 3.94. The highest BCUT2D eigenvalue weighted by Crippen LogP contribution is 2.14. The van der Waals surface area contributed by atoms with Crippen LogP contribution in [0.2, 0.25) is 0 Å². The van der Waals surface area contributed by atoms with Gasteiger partial charge in [0.05, 0.1) is 18.6 Å². The van der Waals surface area contributed by atoms with E-state index in [1.807, 2.05) is 6.92 Å². The number of imidazole rings is 1. The third kappa shape index (κ3) is 10.1. The number of nitrogens with zero attached hydrogens (tertiary/aromatic N) is 2. The number of hydrogen-bond acceptors (Lipinski definition) is 5. The van der Waals surface area contributed by atoms with Crippen LogP contribution >= 0.6 is 0 Å². The maximum atomic E-state index is 11.8. The van der Waals surface area contributed by atoms with Crippen LogP contribution in [0.1, 0.15) is 44.0 Å². The van der Waals surface area contributed by atoms with Crippen LogP contribution < -0.4 is 5.32 Å². The van der Waals surface area contributed by atoms with Crippen molar-refractivity contribution >= 4 is 18.9 Å². The van der Waals surface area contributed by atoms with Crippen LogP contribution in [-0.4, -0.2) is 63.1 Å². The fraction of sp³-hybridized carbons (Fsp3) is 0.625. The first-order valence-corrected chi connectivity index (χ1v) is 8.15. The van der Waals surface area contributed by atoms with Crippen LogP contribution in [0.3, 0.4) is 0 Å². The first-order chi connectivity index (χ1) is 12.0. The van der Waals surface area contributed by atoms with Gasteiger partial charge in [-0.15, -0.1) is 0 Å². The Balaban J connectivity index is 0.000000844. The molecule has 9 heteroatoms. The van der Waals surface area contributed by atoms with E-state index in [4.69, 9.17) is 19.8 Å². The minimum absolute atomic E-state index is 0.119. The molecule has 1 aliphatic rings. The molecule has 1 amide bonds. The summed E-state index contributed by atoms with van der Waals surface area (Å²) in [5.74, 6) is 0.119. The SMILES string of the molecule is Cc1[nH]cnc1CNC(=O)CCC(C)N1CCCC1.O=CO.O=CO. The summed E-state index contributed by atoms with van der Waals surface area (Å²) in [6, 6.07) is 0.514. The van der Waals surface area contributed by atoms with E-state index >= 15 is 0 Å². The summed E-state index contributed by atoms with van der Waals surface area (Å²) in [5, 5.41) is 16.7. The highest BCUT2D eigenvalue weighted by molar-refractivity contribution is 5.75. The quantitative estimate of drug-likeness (QED) is 0.558. The lowest BCUT2D eigenvalue weighted by Gasteiger charge is -2.23. The molecular weight excluding hydrogens is 328 g/mol. The van der Waals surface area contributed by atoms with Crippen LogP contribution in [0.25, 0.3) is 0 Å². The molecule has 0 aliphatic carbocycles. The predicted octanol–water partition coefficient (Wildman–Crippen LogP) is 1.00. The van der Waals surface area contributed by atoms with Crippen LogP contribution in [0.4, 0.5) is 0 Å². The number of nitrogens with one attached hydrogen (secondary N) is 2. The number of carboxylic acid groups (broad SMARTS) is 2. The number of aromatic nitrogens is 2. The van der Waals surface area contributed by atoms with Crippen molar-refractivity contribution in [3.8, 4) is 0 Å². The number of rotatable bonds is 6. The average Bonchev–Trinajstić information content (AvgIpc) is 3.24. The number of aryl methyl sites for hydroxylation is 1. The van der Waals surface area contributed by atoms with E-state index in [0.29, 0.717) is 19.0 Å². The van der Waals surface area contributed by atoms with Crippen molar-refractivity contribution in [1.29, 1.82) is 0 Å². The molecule has 1 aromatic heterocycles. The van der Waals surface area contributed by atoms with E-state index in [1.165, 1.54) is 25.9 Å². The summed E-state index contributed by atoms with van der Waals surface area (Å²) in [7, 11) is 0. The fourth-order valence-electron chi connectivity index (χ4n) is 2.54. The Morgan fingerprint density at radius 2 is 1.92 bits per heavy atom. The summed E-state index contributed by atoms with van der Waals surface area (Å²) in [6.07, 6.45) is 5.79. The molecule has 1 aliphatic heterocycles. The maximum Gasteiger partial charge on any atom is 0.290 e. The lowest BCUT2D eigenvalue weighted by atomic mass is 10.1. The summed E-state index contributed by atoms with van der Waals surface area (Å²) in [4.78, 5) is 38.2. The highest BCUT2D eigenvalue weighted by atomic mass is 16.3. The number of aromatic amines is 1. The first kappa shape index (κ1) is 22.6. The van der Waals surface area contributed by atoms with Gasteiger partial charge in [-0.05, 0) is 46.2 Å². The zero-order valence-electron chi connectivity index (χ0n) is 14.8. The van der Waals surface area contributed by atoms with Gasteiger partial charge in [-0.1, -0.05) is 0 Å². The first-order valence-electron chi connectivity index (χ1n) is 8.15. The molecule has 0 spiro atoms. The molecule has 2 rings (SSSR count). The van der Waals surface area contributed by atoms with Gasteiger partial charge in [0.25, 0.3) is 12.9 Å². The largest absolute Gasteiger partial charge is 0.483 e. The molecule has 4 N–H and O–H groups in total. The summed E-state index contributed by atoms with van der Waals surface area (Å²) in [5.41, 5.74) is 1.94. The summed E-state index contributed by atoms with van der Waals surface area (Å²) in [6.45, 7) is 6.58. The van der Waals surface area contributed by atoms with Gasteiger partial charge in [-0.25, -0.2) is 4.98 Å². The van der Waals surface area contributed by atoms with Crippen molar-refractivity contribution in [2.45, 2.75) is 52.1 Å². The van der Waals surface area contributed by atoms with E-state index in [0.717, 1.165) is 17.8 Å². The summed E-state index contributed by atoms with van der Waals surface area (Å²) < 4.78 is 0. The van der Waals surface area contributed by atoms with Crippen molar-refractivity contribution < 1.29 is 24.6 Å². The van der Waals surface area contributed by atoms with Crippen LogP contribution in [-0.2, 0) is 20.9 Å². The zero-order chi connectivity index (χ0) is 19.1. The standard InChI is InChI=1S/C14H24N4O.2CH2O2/c1-11(18-7-3-4-8-18)5-6-14(19)15-9-13-12(2)16-10-17-13;2*2-1-3/h10-11H,3-9H2,1-2H3,(H,15,19)(H,16,17);2*1H,(H,2,3). The number of hydrogen-bond donors (Lipinski definition) is 4. The molecule has 25 heavy (non-hydrogen) atoms. The highest BCUT2D eigenvalue weighted by Gasteiger charge is 2.18. The molecule has 1 fully saturated rings. The Labute approximate surface area is 147 Å². The van der Waals surface area contributed by atoms with Gasteiger partial charge >= 0.3 is 0 Å². The monoisotopic (exact) mass is 356 g/mol. The predicted molar refractivity (Wildman–Crippen MR) is 92.1 cm³/mol. The van der Waals surface area contributed by atoms with Crippen LogP contribution in [0, 0.1) is 6.92 Å². The van der Waals surface area contributed by atoms with Crippen molar-refractivity contribution in [2.75, 3.05) is 13.1 Å². The van der Waals surface area contributed by atoms with Crippen molar-refractivity contribution in [2.24, 2.45) is 0 Å². The Hall–Kier alpha value is -2.42. The average molecular weight is 356 g/mol. The van der Waals surface area contributed by atoms with E-state index in [9.17, 15) is 4.79 Å². The number of amides is 1. The molecule has 0 radical (unpaired) electrons. The molecule has 2 heterocycles. The molecule has 1 atom stereocenters. The molecule has 142 valence electrons. The number of likely N-dealkylation sites (tertiary alicyclic amines) is 1. The Kier molecular flexibility index (Phi) is 12.6. The number of carbonyl (C=O) groups excluding carboxylic acids is 1. The third-order valence-electron chi connectivity index (χ3n) is 3.94. The van der Waals surface area contributed by atoms with Crippen molar-refractivity contribution in [3.63, 3.8) is 0 Å². The molecule has 1 aromatic rings. The van der Waals surface area contributed by atoms with E-state index in [1.54, 1.807) is 6.33 Å². The second-order valence-electron chi connectivity index (χ2n) is 5.59. The normalized spacial score (nSPS) is 14.3. The van der Waals surface area contributed by atoms with Gasteiger partial charge in [0, 0.05) is 18.2 Å². The van der Waals surface area contributed by atoms with E-state index in [-0.39, 0.29) is 18.9 Å². The van der Waals surface area contributed by atoms with Gasteiger partial charge in [-0.2, -0.15) is 0 Å². The van der Waals surface area contributed by atoms with E-state index in [2.05, 4.69) is 27.1 Å². The molecule has 9 nitrogen and oxygen atoms in total. The molecule has 1 saturated heterocycles. The minimum Gasteiger partial charge on any atom is -0.483 e. The molecule has 1 unspecified atom stereocenters. The van der Waals surface area contributed by atoms with Gasteiger partial charge in [0.15, 0.2) is 0 Å². The Bertz CT molecular complexity index is 494. The molecular formula is C16H28N4O5.